The number of carbonyl (C=O) groups is 1. The first-order valence-corrected chi connectivity index (χ1v) is 4.04. The Balaban J connectivity index is 2.96. The molecule has 0 unspecified atom stereocenters. The Labute approximate surface area is 75.9 Å². The number of nitrogens with zero attached hydrogens (tertiary/aromatic N) is 2. The first kappa shape index (κ1) is 9.12. The van der Waals surface area contributed by atoms with Crippen molar-refractivity contribution in [3.8, 4) is 0 Å². The third kappa shape index (κ3) is 1.61. The highest BCUT2D eigenvalue weighted by Crippen LogP contribution is 2.06. The van der Waals surface area contributed by atoms with Gasteiger partial charge in [-0.15, -0.1) is 0 Å². The maximum Gasteiger partial charge on any atom is 0.358 e. The van der Waals surface area contributed by atoms with Gasteiger partial charge >= 0.3 is 5.97 Å². The maximum atomic E-state index is 11.0. The topological polar surface area (TPSA) is 44.1 Å². The zero-order chi connectivity index (χ0) is 9.14. The zero-order valence-electron chi connectivity index (χ0n) is 6.94. The molecule has 0 fully saturated rings. The number of thiol groups is 1. The molecule has 0 aliphatic heterocycles. The van der Waals surface area contributed by atoms with Crippen LogP contribution in [0.3, 0.4) is 0 Å². The van der Waals surface area contributed by atoms with E-state index in [1.165, 1.54) is 7.11 Å². The van der Waals surface area contributed by atoms with Crippen LogP contribution in [-0.2, 0) is 17.5 Å². The van der Waals surface area contributed by atoms with Crippen LogP contribution in [-0.4, -0.2) is 22.9 Å². The van der Waals surface area contributed by atoms with Gasteiger partial charge in [-0.25, -0.2) is 4.79 Å². The molecule has 1 aromatic rings. The van der Waals surface area contributed by atoms with E-state index in [0.29, 0.717) is 11.4 Å². The third-order valence-corrected chi connectivity index (χ3v) is 1.86. The first-order chi connectivity index (χ1) is 5.69. The van der Waals surface area contributed by atoms with E-state index in [-0.39, 0.29) is 0 Å². The Morgan fingerprint density at radius 2 is 2.50 bits per heavy atom. The van der Waals surface area contributed by atoms with E-state index in [1.54, 1.807) is 17.8 Å². The molecule has 0 spiro atoms. The van der Waals surface area contributed by atoms with Crippen molar-refractivity contribution in [1.29, 1.82) is 0 Å². The fraction of sp³-hybridized carbons (Fsp3) is 0.429. The lowest BCUT2D eigenvalue weighted by Crippen LogP contribution is -2.03. The number of esters is 1. The highest BCUT2D eigenvalue weighted by molar-refractivity contribution is 7.79. The van der Waals surface area contributed by atoms with Crippen molar-refractivity contribution in [2.75, 3.05) is 7.11 Å². The Bertz CT molecular complexity index is 296. The van der Waals surface area contributed by atoms with Crippen molar-refractivity contribution in [2.45, 2.75) is 5.75 Å². The molecule has 0 bridgehead atoms. The summed E-state index contributed by atoms with van der Waals surface area (Å²) in [6, 6.07) is 1.67. The maximum absolute atomic E-state index is 11.0. The number of ether oxygens (including phenoxy) is 1. The molecule has 1 aromatic heterocycles. The third-order valence-electron chi connectivity index (χ3n) is 1.53. The number of aromatic nitrogens is 2. The van der Waals surface area contributed by atoms with Gasteiger partial charge in [-0.3, -0.25) is 4.68 Å². The number of hydrogen-bond donors (Lipinski definition) is 1. The second-order valence-corrected chi connectivity index (χ2v) is 2.61. The Kier molecular flexibility index (Phi) is 2.75. The summed E-state index contributed by atoms with van der Waals surface area (Å²) in [6.45, 7) is 0. The SMILES string of the molecule is COC(=O)c1cc(CS)n(C)n1. The van der Waals surface area contributed by atoms with Gasteiger partial charge in [0, 0.05) is 18.5 Å². The van der Waals surface area contributed by atoms with E-state index in [9.17, 15) is 4.79 Å². The summed E-state index contributed by atoms with van der Waals surface area (Å²) in [5, 5.41) is 3.95. The van der Waals surface area contributed by atoms with Crippen LogP contribution in [0.4, 0.5) is 0 Å². The average Bonchev–Trinajstić information content (AvgIpc) is 2.45. The highest BCUT2D eigenvalue weighted by Gasteiger charge is 2.11. The minimum Gasteiger partial charge on any atom is -0.464 e. The van der Waals surface area contributed by atoms with Gasteiger partial charge < -0.3 is 4.74 Å². The van der Waals surface area contributed by atoms with Gasteiger partial charge in [-0.05, 0) is 6.07 Å². The van der Waals surface area contributed by atoms with E-state index in [0.717, 1.165) is 5.69 Å². The summed E-state index contributed by atoms with van der Waals surface area (Å²) in [4.78, 5) is 11.0. The van der Waals surface area contributed by atoms with Crippen LogP contribution in [0.1, 0.15) is 16.2 Å². The van der Waals surface area contributed by atoms with Crippen molar-refractivity contribution in [1.82, 2.24) is 9.78 Å². The van der Waals surface area contributed by atoms with E-state index in [2.05, 4.69) is 22.5 Å². The van der Waals surface area contributed by atoms with Crippen LogP contribution in [0.15, 0.2) is 6.07 Å². The molecule has 0 radical (unpaired) electrons. The summed E-state index contributed by atoms with van der Waals surface area (Å²) in [6.07, 6.45) is 0. The van der Waals surface area contributed by atoms with E-state index >= 15 is 0 Å². The van der Waals surface area contributed by atoms with Crippen LogP contribution in [0.5, 0.6) is 0 Å². The van der Waals surface area contributed by atoms with Crippen LogP contribution in [0.25, 0.3) is 0 Å². The number of aryl methyl sites for hydroxylation is 1. The number of methoxy groups -OCH3 is 1. The molecular weight excluding hydrogens is 176 g/mol. The molecule has 0 atom stereocenters. The van der Waals surface area contributed by atoms with Crippen molar-refractivity contribution < 1.29 is 9.53 Å². The second kappa shape index (κ2) is 3.62. The van der Waals surface area contributed by atoms with Crippen LogP contribution >= 0.6 is 12.6 Å². The zero-order valence-corrected chi connectivity index (χ0v) is 7.84. The average molecular weight is 186 g/mol. The van der Waals surface area contributed by atoms with Crippen molar-refractivity contribution in [2.24, 2.45) is 7.05 Å². The van der Waals surface area contributed by atoms with Gasteiger partial charge in [-0.2, -0.15) is 17.7 Å². The molecule has 4 nitrogen and oxygen atoms in total. The van der Waals surface area contributed by atoms with Gasteiger partial charge in [0.15, 0.2) is 5.69 Å². The van der Waals surface area contributed by atoms with Crippen LogP contribution < -0.4 is 0 Å². The van der Waals surface area contributed by atoms with Crippen molar-refractivity contribution in [3.05, 3.63) is 17.5 Å². The molecule has 12 heavy (non-hydrogen) atoms. The van der Waals surface area contributed by atoms with Gasteiger partial charge in [0.2, 0.25) is 0 Å². The Morgan fingerprint density at radius 3 is 2.92 bits per heavy atom. The minimum absolute atomic E-state index is 0.323. The largest absolute Gasteiger partial charge is 0.464 e. The normalized spacial score (nSPS) is 9.92. The number of hydrogen-bond acceptors (Lipinski definition) is 4. The molecule has 66 valence electrons. The summed E-state index contributed by atoms with van der Waals surface area (Å²) >= 11 is 4.08. The molecule has 0 aromatic carbocycles. The highest BCUT2D eigenvalue weighted by atomic mass is 32.1. The minimum atomic E-state index is -0.418. The van der Waals surface area contributed by atoms with E-state index in [1.807, 2.05) is 0 Å². The summed E-state index contributed by atoms with van der Waals surface area (Å²) in [5.74, 6) is 0.138. The van der Waals surface area contributed by atoms with Gasteiger partial charge in [0.1, 0.15) is 0 Å². The fourth-order valence-corrected chi connectivity index (χ4v) is 1.15. The fourth-order valence-electron chi connectivity index (χ4n) is 0.858. The molecule has 1 heterocycles. The Morgan fingerprint density at radius 1 is 1.83 bits per heavy atom. The van der Waals surface area contributed by atoms with Crippen molar-refractivity contribution >= 4 is 18.6 Å². The standard InChI is InChI=1S/C7H10N2O2S/c1-9-5(4-12)3-6(8-9)7(10)11-2/h3,12H,4H2,1-2H3. The summed E-state index contributed by atoms with van der Waals surface area (Å²) in [5.41, 5.74) is 1.21. The molecule has 0 saturated carbocycles. The summed E-state index contributed by atoms with van der Waals surface area (Å²) < 4.78 is 6.12. The van der Waals surface area contributed by atoms with Crippen molar-refractivity contribution in [3.63, 3.8) is 0 Å². The van der Waals surface area contributed by atoms with Gasteiger partial charge in [0.25, 0.3) is 0 Å². The molecule has 5 heteroatoms. The monoisotopic (exact) mass is 186 g/mol. The predicted octanol–water partition coefficient (Wildman–Crippen LogP) is 0.637. The lowest BCUT2D eigenvalue weighted by atomic mass is 10.4. The van der Waals surface area contributed by atoms with Crippen LogP contribution in [0.2, 0.25) is 0 Å². The first-order valence-electron chi connectivity index (χ1n) is 3.41. The summed E-state index contributed by atoms with van der Waals surface area (Å²) in [7, 11) is 3.09. The van der Waals surface area contributed by atoms with Crippen LogP contribution in [0, 0.1) is 0 Å². The van der Waals surface area contributed by atoms with Gasteiger partial charge in [-0.1, -0.05) is 0 Å². The molecule has 0 aliphatic rings. The molecule has 1 rings (SSSR count). The number of rotatable bonds is 2. The van der Waals surface area contributed by atoms with E-state index < -0.39 is 5.97 Å². The second-order valence-electron chi connectivity index (χ2n) is 2.29. The molecule has 0 amide bonds. The lowest BCUT2D eigenvalue weighted by Gasteiger charge is -1.92. The van der Waals surface area contributed by atoms with Gasteiger partial charge in [0.05, 0.1) is 7.11 Å². The Hall–Kier alpha value is -0.970. The molecule has 0 saturated heterocycles. The molecular formula is C7H10N2O2S. The predicted molar refractivity (Wildman–Crippen MR) is 47.2 cm³/mol. The quantitative estimate of drug-likeness (QED) is 0.544. The smallest absolute Gasteiger partial charge is 0.358 e. The van der Waals surface area contributed by atoms with E-state index in [4.69, 9.17) is 0 Å². The number of carbonyl (C=O) groups excluding carboxylic acids is 1. The lowest BCUT2D eigenvalue weighted by molar-refractivity contribution is 0.0593. The molecule has 0 aliphatic carbocycles. The molecule has 0 N–H and O–H groups in total.